The summed E-state index contributed by atoms with van der Waals surface area (Å²) in [6.07, 6.45) is 0.908. The fourth-order valence-corrected chi connectivity index (χ4v) is 5.09. The first-order valence-electron chi connectivity index (χ1n) is 9.35. The number of aryl methyl sites for hydroxylation is 3. The number of aromatic nitrogens is 1. The largest absolute Gasteiger partial charge is 0.360 e. The molecule has 0 spiro atoms. The number of nitrogens with zero attached hydrogens (tertiary/aromatic N) is 3. The molecular weight excluding hydrogens is 380 g/mol. The van der Waals surface area contributed by atoms with E-state index in [0.29, 0.717) is 37.6 Å². The Kier molecular flexibility index (Phi) is 6.17. The van der Waals surface area contributed by atoms with Gasteiger partial charge in [-0.15, -0.1) is 0 Å². The summed E-state index contributed by atoms with van der Waals surface area (Å²) in [5, 5.41) is 6.65. The maximum atomic E-state index is 12.8. The Morgan fingerprint density at radius 3 is 2.54 bits per heavy atom. The number of hydrogen-bond donors (Lipinski definition) is 1. The minimum absolute atomic E-state index is 0.102. The average molecular weight is 407 g/mol. The van der Waals surface area contributed by atoms with Gasteiger partial charge >= 0.3 is 0 Å². The van der Waals surface area contributed by atoms with Crippen LogP contribution in [0.4, 0.5) is 5.69 Å². The SMILES string of the molecule is CCc1cccc(NC(=O)CN2CCN(S(=O)(=O)c3c(C)noc3C)CC2)c1. The van der Waals surface area contributed by atoms with Crippen LogP contribution < -0.4 is 5.32 Å². The summed E-state index contributed by atoms with van der Waals surface area (Å²) in [5.41, 5.74) is 2.31. The van der Waals surface area contributed by atoms with Crippen LogP contribution in [0.5, 0.6) is 0 Å². The van der Waals surface area contributed by atoms with E-state index < -0.39 is 10.0 Å². The van der Waals surface area contributed by atoms with Crippen LogP contribution in [0.25, 0.3) is 0 Å². The second-order valence-electron chi connectivity index (χ2n) is 6.94. The lowest BCUT2D eigenvalue weighted by Crippen LogP contribution is -2.50. The maximum absolute atomic E-state index is 12.8. The van der Waals surface area contributed by atoms with Gasteiger partial charge in [-0.05, 0) is 38.0 Å². The number of anilines is 1. The van der Waals surface area contributed by atoms with Crippen LogP contribution in [0.2, 0.25) is 0 Å². The van der Waals surface area contributed by atoms with Gasteiger partial charge in [0, 0.05) is 31.9 Å². The molecule has 0 aliphatic carbocycles. The number of piperazine rings is 1. The molecule has 9 heteroatoms. The third kappa shape index (κ3) is 4.43. The number of amides is 1. The van der Waals surface area contributed by atoms with Gasteiger partial charge in [-0.25, -0.2) is 8.42 Å². The predicted molar refractivity (Wildman–Crippen MR) is 106 cm³/mol. The average Bonchev–Trinajstić information content (AvgIpc) is 3.01. The molecule has 1 aromatic carbocycles. The number of rotatable bonds is 6. The quantitative estimate of drug-likeness (QED) is 0.786. The Labute approximate surface area is 165 Å². The number of hydrogen-bond acceptors (Lipinski definition) is 6. The van der Waals surface area contributed by atoms with Gasteiger partial charge in [0.1, 0.15) is 10.6 Å². The summed E-state index contributed by atoms with van der Waals surface area (Å²) in [6.45, 7) is 7.15. The van der Waals surface area contributed by atoms with Crippen molar-refractivity contribution in [3.8, 4) is 0 Å². The molecule has 1 aliphatic rings. The standard InChI is InChI=1S/C19H26N4O4S/c1-4-16-6-5-7-17(12-16)20-18(24)13-22-8-10-23(11-9-22)28(25,26)19-14(2)21-27-15(19)3/h5-7,12H,4,8-11,13H2,1-3H3,(H,20,24). The molecule has 1 fully saturated rings. The summed E-state index contributed by atoms with van der Waals surface area (Å²) in [5.74, 6) is 0.198. The maximum Gasteiger partial charge on any atom is 0.248 e. The van der Waals surface area contributed by atoms with Gasteiger partial charge in [0.15, 0.2) is 5.76 Å². The Balaban J connectivity index is 1.56. The highest BCUT2D eigenvalue weighted by molar-refractivity contribution is 7.89. The number of nitrogens with one attached hydrogen (secondary N) is 1. The molecule has 2 aromatic rings. The van der Waals surface area contributed by atoms with Gasteiger partial charge in [0.2, 0.25) is 15.9 Å². The van der Waals surface area contributed by atoms with E-state index in [1.165, 1.54) is 4.31 Å². The highest BCUT2D eigenvalue weighted by Crippen LogP contribution is 2.24. The fraction of sp³-hybridized carbons (Fsp3) is 0.474. The molecule has 0 unspecified atom stereocenters. The molecule has 28 heavy (non-hydrogen) atoms. The van der Waals surface area contributed by atoms with Gasteiger partial charge in [0.25, 0.3) is 0 Å². The minimum atomic E-state index is -3.64. The third-order valence-electron chi connectivity index (χ3n) is 4.88. The lowest BCUT2D eigenvalue weighted by Gasteiger charge is -2.33. The van der Waals surface area contributed by atoms with Crippen LogP contribution in [-0.2, 0) is 21.2 Å². The smallest absolute Gasteiger partial charge is 0.248 e. The van der Waals surface area contributed by atoms with E-state index in [-0.39, 0.29) is 17.3 Å². The van der Waals surface area contributed by atoms with E-state index in [4.69, 9.17) is 4.52 Å². The summed E-state index contributed by atoms with van der Waals surface area (Å²) in [4.78, 5) is 14.4. The summed E-state index contributed by atoms with van der Waals surface area (Å²) >= 11 is 0. The minimum Gasteiger partial charge on any atom is -0.360 e. The number of carbonyl (C=O) groups is 1. The number of benzene rings is 1. The van der Waals surface area contributed by atoms with E-state index in [2.05, 4.69) is 17.4 Å². The van der Waals surface area contributed by atoms with Crippen molar-refractivity contribution in [3.05, 3.63) is 41.3 Å². The van der Waals surface area contributed by atoms with Crippen LogP contribution in [0.15, 0.2) is 33.7 Å². The van der Waals surface area contributed by atoms with E-state index in [1.807, 2.05) is 29.2 Å². The zero-order valence-electron chi connectivity index (χ0n) is 16.4. The highest BCUT2D eigenvalue weighted by atomic mass is 32.2. The van der Waals surface area contributed by atoms with Gasteiger partial charge < -0.3 is 9.84 Å². The summed E-state index contributed by atoms with van der Waals surface area (Å²) < 4.78 is 32.1. The summed E-state index contributed by atoms with van der Waals surface area (Å²) in [7, 11) is -3.64. The summed E-state index contributed by atoms with van der Waals surface area (Å²) in [6, 6.07) is 7.78. The molecule has 0 bridgehead atoms. The van der Waals surface area contributed by atoms with E-state index >= 15 is 0 Å². The first-order chi connectivity index (χ1) is 13.3. The van der Waals surface area contributed by atoms with Crippen LogP contribution in [0, 0.1) is 13.8 Å². The van der Waals surface area contributed by atoms with Gasteiger partial charge in [-0.3, -0.25) is 9.69 Å². The lowest BCUT2D eigenvalue weighted by molar-refractivity contribution is -0.117. The first kappa shape index (κ1) is 20.5. The van der Waals surface area contributed by atoms with E-state index in [9.17, 15) is 13.2 Å². The van der Waals surface area contributed by atoms with Crippen molar-refractivity contribution >= 4 is 21.6 Å². The molecule has 152 valence electrons. The second-order valence-corrected chi connectivity index (χ2v) is 8.81. The fourth-order valence-electron chi connectivity index (χ4n) is 3.37. The van der Waals surface area contributed by atoms with Gasteiger partial charge in [-0.2, -0.15) is 4.31 Å². The van der Waals surface area contributed by atoms with Crippen molar-refractivity contribution in [2.75, 3.05) is 38.0 Å². The van der Waals surface area contributed by atoms with Crippen molar-refractivity contribution in [1.82, 2.24) is 14.4 Å². The van der Waals surface area contributed by atoms with Crippen LogP contribution in [-0.4, -0.2) is 61.4 Å². The van der Waals surface area contributed by atoms with Gasteiger partial charge in [0.05, 0.1) is 6.54 Å². The first-order valence-corrected chi connectivity index (χ1v) is 10.8. The van der Waals surface area contributed by atoms with Crippen molar-refractivity contribution in [3.63, 3.8) is 0 Å². The van der Waals surface area contributed by atoms with Crippen molar-refractivity contribution in [2.45, 2.75) is 32.1 Å². The molecule has 0 atom stereocenters. The van der Waals surface area contributed by atoms with Crippen molar-refractivity contribution in [2.24, 2.45) is 0 Å². The Bertz CT molecular complexity index is 927. The molecule has 1 amide bonds. The molecule has 1 aliphatic heterocycles. The lowest BCUT2D eigenvalue weighted by atomic mass is 10.1. The van der Waals surface area contributed by atoms with E-state index in [0.717, 1.165) is 17.7 Å². The number of carbonyl (C=O) groups excluding carboxylic acids is 1. The molecule has 3 rings (SSSR count). The van der Waals surface area contributed by atoms with Crippen molar-refractivity contribution < 1.29 is 17.7 Å². The van der Waals surface area contributed by atoms with Crippen LogP contribution >= 0.6 is 0 Å². The molecule has 8 nitrogen and oxygen atoms in total. The van der Waals surface area contributed by atoms with Crippen molar-refractivity contribution in [1.29, 1.82) is 0 Å². The predicted octanol–water partition coefficient (Wildman–Crippen LogP) is 1.80. The van der Waals surface area contributed by atoms with Crippen LogP contribution in [0.1, 0.15) is 23.9 Å². The highest BCUT2D eigenvalue weighted by Gasteiger charge is 2.33. The Morgan fingerprint density at radius 2 is 1.93 bits per heavy atom. The molecule has 1 aromatic heterocycles. The molecule has 1 saturated heterocycles. The Morgan fingerprint density at radius 1 is 1.21 bits per heavy atom. The molecule has 2 heterocycles. The zero-order valence-corrected chi connectivity index (χ0v) is 17.3. The second kappa shape index (κ2) is 8.42. The molecule has 1 N–H and O–H groups in total. The monoisotopic (exact) mass is 406 g/mol. The topological polar surface area (TPSA) is 95.8 Å². The normalized spacial score (nSPS) is 16.2. The molecule has 0 radical (unpaired) electrons. The number of sulfonamides is 1. The third-order valence-corrected chi connectivity index (χ3v) is 7.03. The van der Waals surface area contributed by atoms with Crippen LogP contribution in [0.3, 0.4) is 0 Å². The zero-order chi connectivity index (χ0) is 20.3. The van der Waals surface area contributed by atoms with E-state index in [1.54, 1.807) is 13.8 Å². The van der Waals surface area contributed by atoms with Gasteiger partial charge in [-0.1, -0.05) is 24.2 Å². The molecular formula is C19H26N4O4S. The molecule has 0 saturated carbocycles. The Hall–Kier alpha value is -2.23.